The van der Waals surface area contributed by atoms with Crippen molar-refractivity contribution in [3.63, 3.8) is 0 Å². The molecule has 0 aromatic heterocycles. The van der Waals surface area contributed by atoms with E-state index in [-0.39, 0.29) is 6.04 Å². The third kappa shape index (κ3) is 17.7. The van der Waals surface area contributed by atoms with Crippen LogP contribution in [0.2, 0.25) is 0 Å². The fraction of sp³-hybridized carbons (Fsp3) is 0.875. The Balaban J connectivity index is 0. The van der Waals surface area contributed by atoms with E-state index in [2.05, 4.69) is 19.2 Å². The lowest BCUT2D eigenvalue weighted by Crippen LogP contribution is -2.28. The molecule has 0 aliphatic carbocycles. The van der Waals surface area contributed by atoms with Crippen LogP contribution in [-0.4, -0.2) is 26.2 Å². The molecule has 0 aromatic carbocycles. The normalized spacial score (nSPS) is 10.9. The van der Waals surface area contributed by atoms with Crippen molar-refractivity contribution in [2.24, 2.45) is 0 Å². The van der Waals surface area contributed by atoms with Gasteiger partial charge in [-0.05, 0) is 6.92 Å². The number of amides is 1. The van der Waals surface area contributed by atoms with Gasteiger partial charge < -0.3 is 10.1 Å². The third-order valence-corrected chi connectivity index (χ3v) is 0.769. The molecule has 0 heterocycles. The number of nitrogens with one attached hydrogen (secondary N) is 1. The predicted molar refractivity (Wildman–Crippen MR) is 46.5 cm³/mol. The Morgan fingerprint density at radius 3 is 2.27 bits per heavy atom. The first-order valence-electron chi connectivity index (χ1n) is 3.91. The Hall–Kier alpha value is -0.570. The van der Waals surface area contributed by atoms with Crippen molar-refractivity contribution in [3.05, 3.63) is 0 Å². The standard InChI is InChI=1S/C5H11NO2.C3H8/c1-5(3-8-2)6-4-7;1-3-2/h4-5H,3H2,1-2H3,(H,6,7);3H2,1-2H3. The summed E-state index contributed by atoms with van der Waals surface area (Å²) in [4.78, 5) is 9.72. The monoisotopic (exact) mass is 161 g/mol. The number of carbonyl (C=O) groups is 1. The predicted octanol–water partition coefficient (Wildman–Crippen LogP) is 1.18. The molecule has 0 rings (SSSR count). The van der Waals surface area contributed by atoms with Crippen LogP contribution in [-0.2, 0) is 9.53 Å². The molecule has 0 aromatic rings. The second-order valence-electron chi connectivity index (χ2n) is 2.35. The number of methoxy groups -OCH3 is 1. The minimum atomic E-state index is 0.123. The molecule has 0 spiro atoms. The Kier molecular flexibility index (Phi) is 14.4. The molecule has 3 heteroatoms. The molecular weight excluding hydrogens is 142 g/mol. The summed E-state index contributed by atoms with van der Waals surface area (Å²) in [6, 6.07) is 0.123. The second-order valence-corrected chi connectivity index (χ2v) is 2.35. The maximum atomic E-state index is 9.72. The molecule has 0 aliphatic rings. The van der Waals surface area contributed by atoms with Gasteiger partial charge in [0.25, 0.3) is 0 Å². The summed E-state index contributed by atoms with van der Waals surface area (Å²) in [6.45, 7) is 6.69. The first kappa shape index (κ1) is 13.1. The van der Waals surface area contributed by atoms with Crippen molar-refractivity contribution in [3.8, 4) is 0 Å². The molecule has 11 heavy (non-hydrogen) atoms. The molecule has 0 saturated heterocycles. The number of ether oxygens (including phenoxy) is 1. The smallest absolute Gasteiger partial charge is 0.207 e. The maximum Gasteiger partial charge on any atom is 0.207 e. The van der Waals surface area contributed by atoms with Crippen LogP contribution in [0.5, 0.6) is 0 Å². The summed E-state index contributed by atoms with van der Waals surface area (Å²) in [5, 5.41) is 2.54. The molecule has 1 N–H and O–H groups in total. The van der Waals surface area contributed by atoms with E-state index in [1.165, 1.54) is 6.42 Å². The highest BCUT2D eigenvalue weighted by molar-refractivity contribution is 5.46. The molecule has 0 aliphatic heterocycles. The van der Waals surface area contributed by atoms with Crippen molar-refractivity contribution >= 4 is 6.41 Å². The summed E-state index contributed by atoms with van der Waals surface area (Å²) >= 11 is 0. The minimum Gasteiger partial charge on any atom is -0.383 e. The van der Waals surface area contributed by atoms with Crippen LogP contribution in [0.15, 0.2) is 0 Å². The van der Waals surface area contributed by atoms with Gasteiger partial charge in [-0.2, -0.15) is 0 Å². The Bertz CT molecular complexity index is 76.5. The van der Waals surface area contributed by atoms with Crippen LogP contribution < -0.4 is 5.32 Å². The van der Waals surface area contributed by atoms with Gasteiger partial charge in [0.1, 0.15) is 0 Å². The fourth-order valence-corrected chi connectivity index (χ4v) is 0.414. The molecule has 3 nitrogen and oxygen atoms in total. The number of hydrogen-bond acceptors (Lipinski definition) is 2. The molecule has 1 amide bonds. The van der Waals surface area contributed by atoms with Crippen molar-refractivity contribution in [1.82, 2.24) is 5.32 Å². The SMILES string of the molecule is CCC.COCC(C)NC=O. The molecule has 0 radical (unpaired) electrons. The number of rotatable bonds is 4. The lowest BCUT2D eigenvalue weighted by Gasteiger charge is -2.06. The zero-order valence-electron chi connectivity index (χ0n) is 7.89. The molecular formula is C8H19NO2. The minimum absolute atomic E-state index is 0.123. The van der Waals surface area contributed by atoms with Crippen molar-refractivity contribution in [2.75, 3.05) is 13.7 Å². The van der Waals surface area contributed by atoms with Crippen molar-refractivity contribution in [1.29, 1.82) is 0 Å². The summed E-state index contributed by atoms with van der Waals surface area (Å²) in [6.07, 6.45) is 1.92. The van der Waals surface area contributed by atoms with Crippen molar-refractivity contribution < 1.29 is 9.53 Å². The molecule has 1 unspecified atom stereocenters. The summed E-state index contributed by atoms with van der Waals surface area (Å²) in [7, 11) is 1.60. The third-order valence-electron chi connectivity index (χ3n) is 0.769. The Morgan fingerprint density at radius 1 is 1.55 bits per heavy atom. The Morgan fingerprint density at radius 2 is 2.00 bits per heavy atom. The van der Waals surface area contributed by atoms with E-state index in [0.717, 1.165) is 0 Å². The van der Waals surface area contributed by atoms with Crippen LogP contribution in [0.25, 0.3) is 0 Å². The Labute approximate surface area is 69.1 Å². The van der Waals surface area contributed by atoms with Crippen molar-refractivity contribution in [2.45, 2.75) is 33.2 Å². The lowest BCUT2D eigenvalue weighted by atomic mass is 10.4. The summed E-state index contributed by atoms with van der Waals surface area (Å²) < 4.78 is 4.73. The first-order valence-corrected chi connectivity index (χ1v) is 3.91. The van der Waals surface area contributed by atoms with Gasteiger partial charge in [0, 0.05) is 13.2 Å². The highest BCUT2D eigenvalue weighted by Crippen LogP contribution is 1.77. The zero-order chi connectivity index (χ0) is 9.11. The maximum absolute atomic E-state index is 9.72. The molecule has 1 atom stereocenters. The van der Waals surface area contributed by atoms with Gasteiger partial charge in [-0.1, -0.05) is 20.3 Å². The lowest BCUT2D eigenvalue weighted by molar-refractivity contribution is -0.110. The van der Waals surface area contributed by atoms with Gasteiger partial charge in [-0.25, -0.2) is 0 Å². The average Bonchev–Trinajstić information content (AvgIpc) is 1.90. The molecule has 0 saturated carbocycles. The molecule has 0 bridgehead atoms. The second kappa shape index (κ2) is 12.1. The quantitative estimate of drug-likeness (QED) is 0.629. The van der Waals surface area contributed by atoms with Gasteiger partial charge in [-0.3, -0.25) is 4.79 Å². The molecule has 68 valence electrons. The largest absolute Gasteiger partial charge is 0.383 e. The first-order chi connectivity index (χ1) is 5.22. The van der Waals surface area contributed by atoms with Gasteiger partial charge >= 0.3 is 0 Å². The van der Waals surface area contributed by atoms with E-state index in [4.69, 9.17) is 4.74 Å². The van der Waals surface area contributed by atoms with E-state index in [9.17, 15) is 4.79 Å². The zero-order valence-corrected chi connectivity index (χ0v) is 7.89. The van der Waals surface area contributed by atoms with Gasteiger partial charge in [0.2, 0.25) is 6.41 Å². The van der Waals surface area contributed by atoms with E-state index >= 15 is 0 Å². The van der Waals surface area contributed by atoms with Crippen LogP contribution in [0, 0.1) is 0 Å². The van der Waals surface area contributed by atoms with Crippen LogP contribution in [0.1, 0.15) is 27.2 Å². The van der Waals surface area contributed by atoms with Crippen LogP contribution in [0.4, 0.5) is 0 Å². The highest BCUT2D eigenvalue weighted by Gasteiger charge is 1.94. The highest BCUT2D eigenvalue weighted by atomic mass is 16.5. The van der Waals surface area contributed by atoms with E-state index in [1.807, 2.05) is 6.92 Å². The average molecular weight is 161 g/mol. The molecule has 0 fully saturated rings. The van der Waals surface area contributed by atoms with Gasteiger partial charge in [0.15, 0.2) is 0 Å². The topological polar surface area (TPSA) is 38.3 Å². The van der Waals surface area contributed by atoms with E-state index in [1.54, 1.807) is 7.11 Å². The van der Waals surface area contributed by atoms with E-state index < -0.39 is 0 Å². The van der Waals surface area contributed by atoms with Gasteiger partial charge in [0.05, 0.1) is 6.61 Å². The number of carbonyl (C=O) groups excluding carboxylic acids is 1. The van der Waals surface area contributed by atoms with Gasteiger partial charge in [-0.15, -0.1) is 0 Å². The van der Waals surface area contributed by atoms with Crippen LogP contribution >= 0.6 is 0 Å². The summed E-state index contributed by atoms with van der Waals surface area (Å²) in [5.74, 6) is 0. The van der Waals surface area contributed by atoms with E-state index in [0.29, 0.717) is 13.0 Å². The van der Waals surface area contributed by atoms with Crippen LogP contribution in [0.3, 0.4) is 0 Å². The number of hydrogen-bond donors (Lipinski definition) is 1. The summed E-state index contributed by atoms with van der Waals surface area (Å²) in [5.41, 5.74) is 0. The fourth-order valence-electron chi connectivity index (χ4n) is 0.414.